The maximum absolute atomic E-state index is 13.4. The number of aliphatic imine (C=N–C) groups is 1. The Morgan fingerprint density at radius 1 is 1.26 bits per heavy atom. The third kappa shape index (κ3) is 3.73. The number of nitrogens with two attached hydrogens (primary N) is 1. The van der Waals surface area contributed by atoms with Crippen LogP contribution in [0.2, 0.25) is 0 Å². The highest BCUT2D eigenvalue weighted by molar-refractivity contribution is 6.16. The zero-order valence-electron chi connectivity index (χ0n) is 15.1. The van der Waals surface area contributed by atoms with Crippen LogP contribution < -0.4 is 16.0 Å². The Kier molecular flexibility index (Phi) is 5.32. The van der Waals surface area contributed by atoms with E-state index in [0.29, 0.717) is 11.3 Å². The zero-order chi connectivity index (χ0) is 19.6. The van der Waals surface area contributed by atoms with E-state index in [1.165, 1.54) is 12.1 Å². The molecule has 1 aliphatic rings. The number of anilines is 1. The number of hydrogen-bond donors (Lipinski definition) is 2. The first-order valence-electron chi connectivity index (χ1n) is 8.59. The van der Waals surface area contributed by atoms with E-state index in [1.54, 1.807) is 31.0 Å². The summed E-state index contributed by atoms with van der Waals surface area (Å²) in [5.74, 6) is -0.764. The van der Waals surface area contributed by atoms with E-state index in [0.717, 1.165) is 17.5 Å². The summed E-state index contributed by atoms with van der Waals surface area (Å²) in [6.45, 7) is 1.56. The molecule has 27 heavy (non-hydrogen) atoms. The summed E-state index contributed by atoms with van der Waals surface area (Å²) in [6.07, 6.45) is -0.0848. The molecule has 0 spiro atoms. The Morgan fingerprint density at radius 2 is 1.93 bits per heavy atom. The van der Waals surface area contributed by atoms with Crippen LogP contribution in [0.25, 0.3) is 0 Å². The molecule has 140 valence electrons. The van der Waals surface area contributed by atoms with Crippen molar-refractivity contribution >= 4 is 23.6 Å². The Hall–Kier alpha value is -3.06. The first kappa shape index (κ1) is 18.7. The number of nitrogens with zero attached hydrogens (tertiary/aromatic N) is 2. The van der Waals surface area contributed by atoms with Crippen molar-refractivity contribution in [1.82, 2.24) is 5.32 Å². The number of carbonyl (C=O) groups is 2. The number of halogens is 1. The van der Waals surface area contributed by atoms with Crippen LogP contribution in [0, 0.1) is 5.82 Å². The molecular formula is C20H21FN4O2. The Balaban J connectivity index is 2.17. The Labute approximate surface area is 156 Å². The molecule has 0 saturated carbocycles. The molecule has 2 unspecified atom stereocenters. The smallest absolute Gasteiger partial charge is 0.238 e. The van der Waals surface area contributed by atoms with Gasteiger partial charge < -0.3 is 20.7 Å². The van der Waals surface area contributed by atoms with Gasteiger partial charge in [0.15, 0.2) is 0 Å². The van der Waals surface area contributed by atoms with Gasteiger partial charge in [0.1, 0.15) is 24.3 Å². The van der Waals surface area contributed by atoms with Crippen LogP contribution in [0.3, 0.4) is 0 Å². The maximum atomic E-state index is 13.4. The second kappa shape index (κ2) is 7.67. The Bertz CT molecular complexity index is 880. The SMILES string of the molecule is C[C@H](N)C(=O)NC1N=C(c2ccc(F)cc2)c2ccccc2N(C)C1C=O. The van der Waals surface area contributed by atoms with Gasteiger partial charge in [0, 0.05) is 23.9 Å². The van der Waals surface area contributed by atoms with Crippen LogP contribution in [0.1, 0.15) is 18.1 Å². The second-order valence-corrected chi connectivity index (χ2v) is 6.48. The topological polar surface area (TPSA) is 87.8 Å². The summed E-state index contributed by atoms with van der Waals surface area (Å²) in [6, 6.07) is 12.0. The molecule has 0 saturated heterocycles. The molecular weight excluding hydrogens is 347 g/mol. The highest BCUT2D eigenvalue weighted by Gasteiger charge is 2.32. The number of benzodiazepines with no additional fused rings is 1. The molecule has 6 nitrogen and oxygen atoms in total. The molecule has 0 aliphatic carbocycles. The van der Waals surface area contributed by atoms with E-state index in [4.69, 9.17) is 5.73 Å². The monoisotopic (exact) mass is 368 g/mol. The van der Waals surface area contributed by atoms with Gasteiger partial charge in [-0.1, -0.05) is 18.2 Å². The van der Waals surface area contributed by atoms with E-state index in [-0.39, 0.29) is 5.82 Å². The van der Waals surface area contributed by atoms with Gasteiger partial charge in [-0.2, -0.15) is 0 Å². The van der Waals surface area contributed by atoms with E-state index >= 15 is 0 Å². The molecule has 7 heteroatoms. The van der Waals surface area contributed by atoms with Crippen LogP contribution in [-0.4, -0.2) is 43.2 Å². The quantitative estimate of drug-likeness (QED) is 0.800. The lowest BCUT2D eigenvalue weighted by Gasteiger charge is -2.29. The normalized spacial score (nSPS) is 20.1. The third-order valence-electron chi connectivity index (χ3n) is 4.54. The fourth-order valence-corrected chi connectivity index (χ4v) is 3.04. The van der Waals surface area contributed by atoms with Gasteiger partial charge in [0.05, 0.1) is 11.8 Å². The number of hydrogen-bond acceptors (Lipinski definition) is 5. The van der Waals surface area contributed by atoms with Crippen LogP contribution in [0.4, 0.5) is 10.1 Å². The predicted octanol–water partition coefficient (Wildman–Crippen LogP) is 1.47. The number of likely N-dealkylation sites (N-methyl/N-ethyl adjacent to an activating group) is 1. The molecule has 0 radical (unpaired) electrons. The number of amides is 1. The summed E-state index contributed by atoms with van der Waals surface area (Å²) in [4.78, 5) is 30.5. The molecule has 2 aromatic rings. The first-order chi connectivity index (χ1) is 12.9. The minimum absolute atomic E-state index is 0.356. The molecule has 0 fully saturated rings. The molecule has 0 bridgehead atoms. The minimum atomic E-state index is -0.835. The second-order valence-electron chi connectivity index (χ2n) is 6.48. The van der Waals surface area contributed by atoms with Crippen molar-refractivity contribution in [3.05, 3.63) is 65.5 Å². The average Bonchev–Trinajstić information content (AvgIpc) is 2.77. The number of fused-ring (bicyclic) bond motifs is 1. The van der Waals surface area contributed by atoms with Crippen molar-refractivity contribution < 1.29 is 14.0 Å². The lowest BCUT2D eigenvalue weighted by molar-refractivity contribution is -0.122. The van der Waals surface area contributed by atoms with E-state index < -0.39 is 24.2 Å². The lowest BCUT2D eigenvalue weighted by Crippen LogP contribution is -2.53. The summed E-state index contributed by atoms with van der Waals surface area (Å²) in [7, 11) is 1.77. The minimum Gasteiger partial charge on any atom is -0.361 e. The number of rotatable bonds is 4. The van der Waals surface area contributed by atoms with E-state index in [9.17, 15) is 14.0 Å². The standard InChI is InChI=1S/C20H21FN4O2/c1-12(22)20(27)24-19-17(11-26)25(2)16-6-4-3-5-15(16)18(23-19)13-7-9-14(21)10-8-13/h3-12,17,19H,22H2,1-2H3,(H,24,27)/t12-,17?,19?/m0/s1. The largest absolute Gasteiger partial charge is 0.361 e. The molecule has 1 aliphatic heterocycles. The van der Waals surface area contributed by atoms with Crippen molar-refractivity contribution in [3.63, 3.8) is 0 Å². The summed E-state index contributed by atoms with van der Waals surface area (Å²) in [5, 5.41) is 2.74. The van der Waals surface area contributed by atoms with Crippen molar-refractivity contribution in [1.29, 1.82) is 0 Å². The summed E-state index contributed by atoms with van der Waals surface area (Å²) < 4.78 is 13.4. The highest BCUT2D eigenvalue weighted by Crippen LogP contribution is 2.28. The van der Waals surface area contributed by atoms with Crippen molar-refractivity contribution in [2.75, 3.05) is 11.9 Å². The van der Waals surface area contributed by atoms with Gasteiger partial charge in [-0.3, -0.25) is 9.79 Å². The van der Waals surface area contributed by atoms with Gasteiger partial charge in [0.2, 0.25) is 5.91 Å². The molecule has 2 aromatic carbocycles. The molecule has 1 amide bonds. The van der Waals surface area contributed by atoms with E-state index in [1.807, 2.05) is 24.3 Å². The molecule has 0 aromatic heterocycles. The number of benzene rings is 2. The fourth-order valence-electron chi connectivity index (χ4n) is 3.04. The number of aldehydes is 1. The van der Waals surface area contributed by atoms with Crippen molar-refractivity contribution in [3.8, 4) is 0 Å². The summed E-state index contributed by atoms with van der Waals surface area (Å²) >= 11 is 0. The molecule has 3 rings (SSSR count). The van der Waals surface area contributed by atoms with Gasteiger partial charge in [-0.25, -0.2) is 4.39 Å². The zero-order valence-corrected chi connectivity index (χ0v) is 15.1. The van der Waals surface area contributed by atoms with Crippen molar-refractivity contribution in [2.45, 2.75) is 25.2 Å². The van der Waals surface area contributed by atoms with Crippen LogP contribution >= 0.6 is 0 Å². The summed E-state index contributed by atoms with van der Waals surface area (Å²) in [5.41, 5.74) is 8.48. The fraction of sp³-hybridized carbons (Fsp3) is 0.250. The van der Waals surface area contributed by atoms with Gasteiger partial charge in [0.25, 0.3) is 0 Å². The maximum Gasteiger partial charge on any atom is 0.238 e. The lowest BCUT2D eigenvalue weighted by atomic mass is 10.0. The first-order valence-corrected chi connectivity index (χ1v) is 8.59. The molecule has 3 atom stereocenters. The number of para-hydroxylation sites is 1. The van der Waals surface area contributed by atoms with E-state index in [2.05, 4.69) is 10.3 Å². The van der Waals surface area contributed by atoms with Crippen LogP contribution in [0.5, 0.6) is 0 Å². The van der Waals surface area contributed by atoms with Gasteiger partial charge >= 0.3 is 0 Å². The van der Waals surface area contributed by atoms with Gasteiger partial charge in [-0.15, -0.1) is 0 Å². The Morgan fingerprint density at radius 3 is 2.56 bits per heavy atom. The predicted molar refractivity (Wildman–Crippen MR) is 102 cm³/mol. The number of nitrogens with one attached hydrogen (secondary N) is 1. The highest BCUT2D eigenvalue weighted by atomic mass is 19.1. The van der Waals surface area contributed by atoms with Gasteiger partial charge in [-0.05, 0) is 37.3 Å². The van der Waals surface area contributed by atoms with Crippen LogP contribution in [-0.2, 0) is 9.59 Å². The average molecular weight is 368 g/mol. The van der Waals surface area contributed by atoms with Crippen LogP contribution in [0.15, 0.2) is 53.5 Å². The third-order valence-corrected chi connectivity index (χ3v) is 4.54. The van der Waals surface area contributed by atoms with Crippen molar-refractivity contribution in [2.24, 2.45) is 10.7 Å². The molecule has 1 heterocycles. The molecule has 3 N–H and O–H groups in total. The number of carbonyl (C=O) groups excluding carboxylic acids is 2.